The molecule has 0 aliphatic carbocycles. The van der Waals surface area contributed by atoms with Crippen LogP contribution in [0.15, 0.2) is 66.7 Å². The zero-order chi connectivity index (χ0) is 28.8. The lowest BCUT2D eigenvalue weighted by molar-refractivity contribution is -0.137. The number of aliphatic carboxylic acids is 1. The number of anilines is 3. The van der Waals surface area contributed by atoms with Crippen LogP contribution in [-0.4, -0.2) is 55.5 Å². The molecule has 0 saturated heterocycles. The van der Waals surface area contributed by atoms with E-state index in [9.17, 15) is 14.4 Å². The predicted molar refractivity (Wildman–Crippen MR) is 161 cm³/mol. The molecule has 0 unspecified atom stereocenters. The Morgan fingerprint density at radius 2 is 1.65 bits per heavy atom. The maximum atomic E-state index is 13.2. The van der Waals surface area contributed by atoms with Gasteiger partial charge in [0, 0.05) is 41.9 Å². The van der Waals surface area contributed by atoms with Gasteiger partial charge in [-0.15, -0.1) is 0 Å². The van der Waals surface area contributed by atoms with Gasteiger partial charge in [0.05, 0.1) is 17.0 Å². The molecule has 0 aromatic heterocycles. The third-order valence-electron chi connectivity index (χ3n) is 6.74. The number of hydrogen-bond acceptors (Lipinski definition) is 5. The molecule has 3 aromatic rings. The second-order valence-corrected chi connectivity index (χ2v) is 10.5. The van der Waals surface area contributed by atoms with Gasteiger partial charge < -0.3 is 25.5 Å². The number of fused-ring (bicyclic) bond motifs is 1. The number of halogens is 1. The fraction of sp³-hybridized carbons (Fsp3) is 0.258. The average molecular weight is 561 g/mol. The fourth-order valence-corrected chi connectivity index (χ4v) is 4.70. The van der Waals surface area contributed by atoms with Crippen LogP contribution < -0.4 is 15.5 Å². The zero-order valence-electron chi connectivity index (χ0n) is 22.8. The molecule has 0 spiro atoms. The van der Waals surface area contributed by atoms with Gasteiger partial charge in [-0.2, -0.15) is 0 Å². The van der Waals surface area contributed by atoms with Crippen LogP contribution in [0.25, 0.3) is 11.3 Å². The van der Waals surface area contributed by atoms with Gasteiger partial charge in [-0.1, -0.05) is 41.9 Å². The molecule has 40 heavy (non-hydrogen) atoms. The molecule has 3 N–H and O–H groups in total. The van der Waals surface area contributed by atoms with E-state index in [1.54, 1.807) is 24.1 Å². The van der Waals surface area contributed by atoms with E-state index < -0.39 is 5.97 Å². The van der Waals surface area contributed by atoms with Gasteiger partial charge in [-0.05, 0) is 81.0 Å². The number of aryl methyl sites for hydroxylation is 1. The average Bonchev–Trinajstić information content (AvgIpc) is 3.25. The molecule has 1 heterocycles. The summed E-state index contributed by atoms with van der Waals surface area (Å²) in [5, 5.41) is 15.8. The van der Waals surface area contributed by atoms with Crippen molar-refractivity contribution in [3.8, 4) is 0 Å². The third-order valence-corrected chi connectivity index (χ3v) is 6.98. The van der Waals surface area contributed by atoms with Crippen molar-refractivity contribution >= 4 is 57.7 Å². The number of benzene rings is 3. The predicted octanol–water partition coefficient (Wildman–Crippen LogP) is 5.59. The first kappa shape index (κ1) is 28.9. The van der Waals surface area contributed by atoms with Crippen molar-refractivity contribution in [3.05, 3.63) is 88.4 Å². The lowest BCUT2D eigenvalue weighted by atomic mass is 9.98. The molecule has 3 aromatic carbocycles. The van der Waals surface area contributed by atoms with E-state index in [2.05, 4.69) is 15.5 Å². The number of amides is 2. The van der Waals surface area contributed by atoms with Crippen molar-refractivity contribution in [2.24, 2.45) is 0 Å². The molecule has 0 fully saturated rings. The van der Waals surface area contributed by atoms with Crippen molar-refractivity contribution in [1.82, 2.24) is 4.90 Å². The first-order valence-corrected chi connectivity index (χ1v) is 13.4. The molecule has 8 nitrogen and oxygen atoms in total. The van der Waals surface area contributed by atoms with Crippen molar-refractivity contribution in [2.75, 3.05) is 43.2 Å². The van der Waals surface area contributed by atoms with E-state index in [0.717, 1.165) is 41.0 Å². The van der Waals surface area contributed by atoms with Crippen LogP contribution in [-0.2, 0) is 20.8 Å². The monoisotopic (exact) mass is 560 g/mol. The molecule has 4 rings (SSSR count). The summed E-state index contributed by atoms with van der Waals surface area (Å²) in [7, 11) is 5.74. The smallest absolute Gasteiger partial charge is 0.303 e. The molecule has 0 atom stereocenters. The maximum absolute atomic E-state index is 13.2. The summed E-state index contributed by atoms with van der Waals surface area (Å²) in [6.07, 6.45) is 1.71. The van der Waals surface area contributed by atoms with Crippen LogP contribution in [0, 0.1) is 0 Å². The van der Waals surface area contributed by atoms with Gasteiger partial charge in [0.15, 0.2) is 0 Å². The molecule has 1 aliphatic rings. The van der Waals surface area contributed by atoms with E-state index in [-0.39, 0.29) is 18.2 Å². The van der Waals surface area contributed by atoms with E-state index >= 15 is 0 Å². The normalized spacial score (nSPS) is 13.6. The molecule has 208 valence electrons. The highest BCUT2D eigenvalue weighted by atomic mass is 35.5. The largest absolute Gasteiger partial charge is 0.481 e. The number of carboxylic acid groups (broad SMARTS) is 1. The van der Waals surface area contributed by atoms with E-state index in [4.69, 9.17) is 16.7 Å². The Balaban J connectivity index is 1.63. The quantitative estimate of drug-likeness (QED) is 0.264. The lowest BCUT2D eigenvalue weighted by Crippen LogP contribution is -2.27. The highest BCUT2D eigenvalue weighted by Gasteiger charge is 2.28. The second-order valence-electron chi connectivity index (χ2n) is 10.0. The van der Waals surface area contributed by atoms with E-state index in [1.165, 1.54) is 0 Å². The Labute approximate surface area is 239 Å². The molecule has 0 bridgehead atoms. The summed E-state index contributed by atoms with van der Waals surface area (Å²) in [5.41, 5.74) is 5.61. The first-order valence-electron chi connectivity index (χ1n) is 13.1. The molecule has 0 saturated carbocycles. The van der Waals surface area contributed by atoms with Crippen LogP contribution in [0.4, 0.5) is 17.1 Å². The van der Waals surface area contributed by atoms with Crippen molar-refractivity contribution < 1.29 is 19.5 Å². The zero-order valence-corrected chi connectivity index (χ0v) is 23.6. The summed E-state index contributed by atoms with van der Waals surface area (Å²) in [6, 6.07) is 20.2. The minimum Gasteiger partial charge on any atom is -0.481 e. The second kappa shape index (κ2) is 12.8. The standard InChI is InChI=1S/C31H33ClN4O4/c1-35(2)18-4-5-27(37)36(3)24-14-12-23(13-15-24)33-30(21-9-6-20(7-10-21)8-17-28(38)39)29-25-16-11-22(32)19-26(25)34-31(29)40/h6-7,9-16,19,33H,4-5,8,17-18H2,1-3H3,(H,34,40)(H,38,39)/b30-29-. The van der Waals surface area contributed by atoms with Gasteiger partial charge in [-0.3, -0.25) is 14.4 Å². The van der Waals surface area contributed by atoms with Gasteiger partial charge >= 0.3 is 5.97 Å². The molecule has 1 aliphatic heterocycles. The van der Waals surface area contributed by atoms with Gasteiger partial charge in [0.2, 0.25) is 5.91 Å². The number of nitrogens with zero attached hydrogens (tertiary/aromatic N) is 2. The Morgan fingerprint density at radius 3 is 2.30 bits per heavy atom. The number of rotatable bonds is 11. The number of nitrogens with one attached hydrogen (secondary N) is 2. The Hall–Kier alpha value is -4.14. The van der Waals surface area contributed by atoms with Crippen LogP contribution >= 0.6 is 11.6 Å². The van der Waals surface area contributed by atoms with E-state index in [1.807, 2.05) is 68.7 Å². The van der Waals surface area contributed by atoms with Crippen LogP contribution in [0.2, 0.25) is 5.02 Å². The number of carbonyl (C=O) groups excluding carboxylic acids is 2. The van der Waals surface area contributed by atoms with Gasteiger partial charge in [0.1, 0.15) is 0 Å². The number of carboxylic acids is 1. The Morgan fingerprint density at radius 1 is 0.950 bits per heavy atom. The molecular formula is C31H33ClN4O4. The highest BCUT2D eigenvalue weighted by Crippen LogP contribution is 2.39. The SMILES string of the molecule is CN(C)CCCC(=O)N(C)c1ccc(N/C(=C2\C(=O)Nc3cc(Cl)ccc32)c2ccc(CCC(=O)O)cc2)cc1. The molecule has 2 amide bonds. The van der Waals surface area contributed by atoms with Gasteiger partial charge in [0.25, 0.3) is 5.91 Å². The van der Waals surface area contributed by atoms with Crippen LogP contribution in [0.5, 0.6) is 0 Å². The summed E-state index contributed by atoms with van der Waals surface area (Å²) < 4.78 is 0. The van der Waals surface area contributed by atoms with Crippen LogP contribution in [0.1, 0.15) is 36.0 Å². The Kier molecular flexibility index (Phi) is 9.24. The molecule has 9 heteroatoms. The Bertz CT molecular complexity index is 1430. The topological polar surface area (TPSA) is 102 Å². The third kappa shape index (κ3) is 7.08. The minimum atomic E-state index is -0.851. The van der Waals surface area contributed by atoms with E-state index in [0.29, 0.717) is 34.8 Å². The van der Waals surface area contributed by atoms with Crippen molar-refractivity contribution in [3.63, 3.8) is 0 Å². The summed E-state index contributed by atoms with van der Waals surface area (Å²) in [5.74, 6) is -1.06. The molecular weight excluding hydrogens is 528 g/mol. The highest BCUT2D eigenvalue weighted by molar-refractivity contribution is 6.38. The van der Waals surface area contributed by atoms with Crippen LogP contribution in [0.3, 0.4) is 0 Å². The lowest BCUT2D eigenvalue weighted by Gasteiger charge is -2.19. The minimum absolute atomic E-state index is 0.0427. The first-order chi connectivity index (χ1) is 19.1. The number of hydrogen-bond donors (Lipinski definition) is 3. The maximum Gasteiger partial charge on any atom is 0.303 e. The van der Waals surface area contributed by atoms with Gasteiger partial charge in [-0.25, -0.2) is 0 Å². The molecule has 0 radical (unpaired) electrons. The summed E-state index contributed by atoms with van der Waals surface area (Å²) in [6.45, 7) is 0.851. The summed E-state index contributed by atoms with van der Waals surface area (Å²) >= 11 is 6.16. The summed E-state index contributed by atoms with van der Waals surface area (Å²) in [4.78, 5) is 40.5. The van der Waals surface area contributed by atoms with Crippen molar-refractivity contribution in [1.29, 1.82) is 0 Å². The van der Waals surface area contributed by atoms with Crippen molar-refractivity contribution in [2.45, 2.75) is 25.7 Å². The fourth-order valence-electron chi connectivity index (χ4n) is 4.53. The number of carbonyl (C=O) groups is 3.